The van der Waals surface area contributed by atoms with Gasteiger partial charge in [-0.2, -0.15) is 8.78 Å². The maximum atomic E-state index is 11.5. The number of hydrogen-bond donors (Lipinski definition) is 0. The highest BCUT2D eigenvalue weighted by molar-refractivity contribution is 4.75. The fourth-order valence-corrected chi connectivity index (χ4v) is 0.174. The highest BCUT2D eigenvalue weighted by Gasteiger charge is 2.46. The maximum Gasteiger partial charge on any atom is 0.337 e. The molecule has 1 atom stereocenters. The molecule has 0 aromatic heterocycles. The first kappa shape index (κ1) is 8.65. The van der Waals surface area contributed by atoms with Gasteiger partial charge in [0.15, 0.2) is 6.17 Å². The molecule has 0 radical (unpaired) electrons. The van der Waals surface area contributed by atoms with E-state index in [1.165, 1.54) is 0 Å². The van der Waals surface area contributed by atoms with Crippen molar-refractivity contribution in [2.75, 3.05) is 0 Å². The standard InChI is InChI=1S/C4H5F5/c1-2(5)4(8,9)3(6)7/h2-3H,1H3. The van der Waals surface area contributed by atoms with Gasteiger partial charge in [0.2, 0.25) is 0 Å². The molecule has 0 aliphatic heterocycles. The smallest absolute Gasteiger partial charge is 0.241 e. The zero-order chi connectivity index (χ0) is 7.65. The van der Waals surface area contributed by atoms with Crippen LogP contribution in [0.25, 0.3) is 0 Å². The molecule has 0 spiro atoms. The van der Waals surface area contributed by atoms with E-state index in [1.54, 1.807) is 0 Å². The van der Waals surface area contributed by atoms with E-state index in [9.17, 15) is 22.0 Å². The molecule has 0 fully saturated rings. The second-order valence-corrected chi connectivity index (χ2v) is 1.59. The topological polar surface area (TPSA) is 0 Å². The van der Waals surface area contributed by atoms with Gasteiger partial charge in [-0.25, -0.2) is 13.2 Å². The summed E-state index contributed by atoms with van der Waals surface area (Å²) < 4.78 is 56.7. The Morgan fingerprint density at radius 2 is 1.44 bits per heavy atom. The lowest BCUT2D eigenvalue weighted by Gasteiger charge is -2.15. The molecule has 56 valence electrons. The second-order valence-electron chi connectivity index (χ2n) is 1.59. The van der Waals surface area contributed by atoms with E-state index in [4.69, 9.17) is 0 Å². The summed E-state index contributed by atoms with van der Waals surface area (Å²) in [7, 11) is 0. The number of hydrogen-bond acceptors (Lipinski definition) is 0. The molecule has 9 heavy (non-hydrogen) atoms. The van der Waals surface area contributed by atoms with Crippen LogP contribution >= 0.6 is 0 Å². The molecule has 0 amide bonds. The fourth-order valence-electron chi connectivity index (χ4n) is 0.174. The Hall–Kier alpha value is -0.350. The summed E-state index contributed by atoms with van der Waals surface area (Å²) in [5, 5.41) is 0. The van der Waals surface area contributed by atoms with Crippen LogP contribution in [0.15, 0.2) is 0 Å². The number of rotatable bonds is 2. The first-order valence-corrected chi connectivity index (χ1v) is 2.19. The van der Waals surface area contributed by atoms with Gasteiger partial charge in [-0.15, -0.1) is 0 Å². The van der Waals surface area contributed by atoms with Crippen molar-refractivity contribution >= 4 is 0 Å². The predicted molar refractivity (Wildman–Crippen MR) is 21.5 cm³/mol. The molecule has 0 nitrogen and oxygen atoms in total. The lowest BCUT2D eigenvalue weighted by atomic mass is 10.2. The molecule has 0 saturated heterocycles. The molecule has 0 heterocycles. The van der Waals surface area contributed by atoms with Gasteiger partial charge >= 0.3 is 12.3 Å². The molecular weight excluding hydrogens is 143 g/mol. The first-order valence-electron chi connectivity index (χ1n) is 2.19. The van der Waals surface area contributed by atoms with Gasteiger partial charge < -0.3 is 0 Å². The highest BCUT2D eigenvalue weighted by Crippen LogP contribution is 2.28. The van der Waals surface area contributed by atoms with Crippen LogP contribution < -0.4 is 0 Å². The third kappa shape index (κ3) is 1.80. The highest BCUT2D eigenvalue weighted by atomic mass is 19.3. The van der Waals surface area contributed by atoms with E-state index in [1.807, 2.05) is 0 Å². The van der Waals surface area contributed by atoms with Crippen molar-refractivity contribution in [2.24, 2.45) is 0 Å². The molecule has 0 aromatic carbocycles. The summed E-state index contributed by atoms with van der Waals surface area (Å²) in [6.07, 6.45) is -6.71. The molecule has 0 aliphatic carbocycles. The summed E-state index contributed by atoms with van der Waals surface area (Å²) in [6, 6.07) is 0. The summed E-state index contributed by atoms with van der Waals surface area (Å²) in [5.74, 6) is -4.50. The van der Waals surface area contributed by atoms with Crippen molar-refractivity contribution < 1.29 is 22.0 Å². The Balaban J connectivity index is 4.01. The summed E-state index contributed by atoms with van der Waals surface area (Å²) >= 11 is 0. The van der Waals surface area contributed by atoms with E-state index in [0.29, 0.717) is 6.92 Å². The quantitative estimate of drug-likeness (QED) is 0.527. The van der Waals surface area contributed by atoms with E-state index < -0.39 is 18.5 Å². The molecule has 0 N–H and O–H groups in total. The normalized spacial score (nSPS) is 16.3. The third-order valence-corrected chi connectivity index (χ3v) is 0.821. The minimum absolute atomic E-state index is 0.395. The van der Waals surface area contributed by atoms with Gasteiger partial charge in [-0.3, -0.25) is 0 Å². The fraction of sp³-hybridized carbons (Fsp3) is 1.00. The third-order valence-electron chi connectivity index (χ3n) is 0.821. The van der Waals surface area contributed by atoms with Crippen LogP contribution in [0.1, 0.15) is 6.92 Å². The Morgan fingerprint density at radius 3 is 1.44 bits per heavy atom. The van der Waals surface area contributed by atoms with Crippen LogP contribution in [0.4, 0.5) is 22.0 Å². The Labute approximate surface area is 48.7 Å². The van der Waals surface area contributed by atoms with Gasteiger partial charge in [-0.1, -0.05) is 0 Å². The van der Waals surface area contributed by atoms with Crippen molar-refractivity contribution in [3.05, 3.63) is 0 Å². The predicted octanol–water partition coefficient (Wildman–Crippen LogP) is 2.24. The van der Waals surface area contributed by atoms with Crippen LogP contribution in [-0.4, -0.2) is 18.5 Å². The maximum absolute atomic E-state index is 11.5. The van der Waals surface area contributed by atoms with Crippen LogP contribution in [0.3, 0.4) is 0 Å². The van der Waals surface area contributed by atoms with Crippen molar-refractivity contribution in [3.63, 3.8) is 0 Å². The average molecular weight is 148 g/mol. The summed E-state index contributed by atoms with van der Waals surface area (Å²) in [6.45, 7) is 0.395. The van der Waals surface area contributed by atoms with Gasteiger partial charge in [0.25, 0.3) is 0 Å². The first-order chi connectivity index (χ1) is 3.89. The van der Waals surface area contributed by atoms with Crippen LogP contribution in [0.2, 0.25) is 0 Å². The van der Waals surface area contributed by atoms with Gasteiger partial charge in [-0.05, 0) is 6.92 Å². The molecule has 0 bridgehead atoms. The zero-order valence-electron chi connectivity index (χ0n) is 4.54. The van der Waals surface area contributed by atoms with E-state index in [2.05, 4.69) is 0 Å². The molecule has 5 heteroatoms. The lowest BCUT2D eigenvalue weighted by molar-refractivity contribution is -0.165. The molecule has 0 rings (SSSR count). The van der Waals surface area contributed by atoms with E-state index in [0.717, 1.165) is 0 Å². The van der Waals surface area contributed by atoms with Gasteiger partial charge in [0.1, 0.15) is 0 Å². The molecule has 1 unspecified atom stereocenters. The van der Waals surface area contributed by atoms with Crippen LogP contribution in [0, 0.1) is 0 Å². The van der Waals surface area contributed by atoms with Gasteiger partial charge in [0.05, 0.1) is 0 Å². The van der Waals surface area contributed by atoms with Crippen molar-refractivity contribution in [3.8, 4) is 0 Å². The molecule has 0 aliphatic rings. The van der Waals surface area contributed by atoms with Crippen molar-refractivity contribution in [1.29, 1.82) is 0 Å². The monoisotopic (exact) mass is 148 g/mol. The zero-order valence-corrected chi connectivity index (χ0v) is 4.54. The molecule has 0 saturated carbocycles. The minimum Gasteiger partial charge on any atom is -0.241 e. The van der Waals surface area contributed by atoms with Crippen LogP contribution in [0.5, 0.6) is 0 Å². The number of alkyl halides is 5. The average Bonchev–Trinajstić information content (AvgIpc) is 1.65. The molecular formula is C4H5F5. The van der Waals surface area contributed by atoms with Gasteiger partial charge in [0, 0.05) is 0 Å². The van der Waals surface area contributed by atoms with E-state index in [-0.39, 0.29) is 0 Å². The molecule has 0 aromatic rings. The Bertz CT molecular complexity index is 77.0. The SMILES string of the molecule is CC(F)C(F)(F)C(F)F. The van der Waals surface area contributed by atoms with Crippen LogP contribution in [-0.2, 0) is 0 Å². The van der Waals surface area contributed by atoms with Crippen molar-refractivity contribution in [2.45, 2.75) is 25.4 Å². The second kappa shape index (κ2) is 2.49. The Morgan fingerprint density at radius 1 is 1.11 bits per heavy atom. The summed E-state index contributed by atoms with van der Waals surface area (Å²) in [5.41, 5.74) is 0. The summed E-state index contributed by atoms with van der Waals surface area (Å²) in [4.78, 5) is 0. The number of halogens is 5. The lowest BCUT2D eigenvalue weighted by Crippen LogP contribution is -2.35. The minimum atomic E-state index is -4.50. The van der Waals surface area contributed by atoms with Crippen molar-refractivity contribution in [1.82, 2.24) is 0 Å². The Kier molecular flexibility index (Phi) is 2.40. The van der Waals surface area contributed by atoms with E-state index >= 15 is 0 Å². The largest absolute Gasteiger partial charge is 0.337 e.